The van der Waals surface area contributed by atoms with Crippen molar-refractivity contribution in [2.75, 3.05) is 18.2 Å². The van der Waals surface area contributed by atoms with Gasteiger partial charge in [-0.25, -0.2) is 29.9 Å². The molecule has 1 N–H and O–H groups in total. The van der Waals surface area contributed by atoms with Gasteiger partial charge in [0.15, 0.2) is 17.3 Å². The lowest BCUT2D eigenvalue weighted by molar-refractivity contribution is 0.397. The van der Waals surface area contributed by atoms with Crippen LogP contribution in [0.5, 0.6) is 5.88 Å². The molecular weight excluding hydrogens is 516 g/mol. The topological polar surface area (TPSA) is 144 Å². The van der Waals surface area contributed by atoms with E-state index in [1.54, 1.807) is 23.9 Å². The van der Waals surface area contributed by atoms with Gasteiger partial charge in [-0.3, -0.25) is 9.36 Å². The first-order valence-electron chi connectivity index (χ1n) is 13.1. The van der Waals surface area contributed by atoms with Gasteiger partial charge in [0.25, 0.3) is 5.56 Å². The molecule has 1 atom stereocenters. The van der Waals surface area contributed by atoms with Gasteiger partial charge < -0.3 is 14.6 Å². The zero-order chi connectivity index (χ0) is 27.7. The zero-order valence-electron chi connectivity index (χ0n) is 22.8. The highest BCUT2D eigenvalue weighted by atomic mass is 32.2. The molecule has 39 heavy (non-hydrogen) atoms. The molecule has 1 unspecified atom stereocenters. The smallest absolute Gasteiger partial charge is 0.294 e. The van der Waals surface area contributed by atoms with E-state index in [1.807, 2.05) is 33.8 Å². The summed E-state index contributed by atoms with van der Waals surface area (Å²) < 4.78 is 19.2. The number of hydrogen-bond donors (Lipinski definition) is 1. The number of nitrogens with zero attached hydrogens (tertiary/aromatic N) is 7. The quantitative estimate of drug-likeness (QED) is 0.292. The minimum absolute atomic E-state index is 0.188. The number of nitrogens with one attached hydrogen (secondary N) is 1. The van der Waals surface area contributed by atoms with E-state index in [-0.39, 0.29) is 17.3 Å². The van der Waals surface area contributed by atoms with Crippen molar-refractivity contribution >= 4 is 28.2 Å². The summed E-state index contributed by atoms with van der Waals surface area (Å²) in [4.78, 5) is 41.1. The fourth-order valence-corrected chi connectivity index (χ4v) is 5.10. The number of aryl methyl sites for hydroxylation is 1. The molecule has 1 aliphatic rings. The van der Waals surface area contributed by atoms with Crippen LogP contribution in [-0.4, -0.2) is 51.9 Å². The third-order valence-electron chi connectivity index (χ3n) is 6.49. The van der Waals surface area contributed by atoms with Gasteiger partial charge in [0.1, 0.15) is 23.2 Å². The molecule has 4 aromatic rings. The van der Waals surface area contributed by atoms with Crippen molar-refractivity contribution < 1.29 is 9.29 Å². The number of aromatic nitrogens is 7. The summed E-state index contributed by atoms with van der Waals surface area (Å²) in [5.41, 5.74) is 3.74. The maximum atomic E-state index is 13.7. The van der Waals surface area contributed by atoms with Gasteiger partial charge in [-0.05, 0) is 44.2 Å². The Morgan fingerprint density at radius 3 is 2.62 bits per heavy atom. The first kappa shape index (κ1) is 26.9. The zero-order valence-corrected chi connectivity index (χ0v) is 23.6. The Morgan fingerprint density at radius 1 is 1.18 bits per heavy atom. The van der Waals surface area contributed by atoms with Crippen LogP contribution in [0.25, 0.3) is 22.6 Å². The lowest BCUT2D eigenvalue weighted by Gasteiger charge is -2.17. The van der Waals surface area contributed by atoms with Crippen molar-refractivity contribution in [3.8, 4) is 17.3 Å². The number of hydrogen-bond acceptors (Lipinski definition) is 10. The molecule has 4 aromatic heterocycles. The summed E-state index contributed by atoms with van der Waals surface area (Å²) in [5.74, 6) is 2.07. The van der Waals surface area contributed by atoms with E-state index in [2.05, 4.69) is 25.3 Å². The second-order valence-corrected chi connectivity index (χ2v) is 11.7. The normalized spacial score (nSPS) is 14.1. The van der Waals surface area contributed by atoms with Crippen molar-refractivity contribution in [2.24, 2.45) is 5.92 Å². The molecule has 0 saturated heterocycles. The van der Waals surface area contributed by atoms with E-state index in [1.165, 1.54) is 6.33 Å². The molecular formula is C27H32N8O3S. The van der Waals surface area contributed by atoms with Crippen LogP contribution in [0.3, 0.4) is 0 Å². The molecule has 1 fully saturated rings. The minimum Gasteiger partial charge on any atom is -0.610 e. The number of pyridine rings is 1. The van der Waals surface area contributed by atoms with Crippen LogP contribution < -0.4 is 15.6 Å². The van der Waals surface area contributed by atoms with Gasteiger partial charge in [0, 0.05) is 42.4 Å². The van der Waals surface area contributed by atoms with Gasteiger partial charge >= 0.3 is 0 Å². The van der Waals surface area contributed by atoms with Crippen LogP contribution in [-0.2, 0) is 24.3 Å². The lowest BCUT2D eigenvalue weighted by Crippen LogP contribution is -2.28. The molecule has 1 saturated carbocycles. The maximum absolute atomic E-state index is 13.7. The molecule has 1 aliphatic carbocycles. The summed E-state index contributed by atoms with van der Waals surface area (Å²) in [7, 11) is 1.57. The van der Waals surface area contributed by atoms with E-state index in [9.17, 15) is 9.35 Å². The van der Waals surface area contributed by atoms with Crippen LogP contribution in [0.4, 0.5) is 5.82 Å². The molecule has 0 aliphatic heterocycles. The second-order valence-electron chi connectivity index (χ2n) is 9.98. The SMILES string of the molecule is CC[S+]([O-])c1ccc(CNc2nc3c(C)nc(-c4c(OC)ncnc4C4CC4)nc3n(CC(C)C)c2=O)cn1. The molecule has 0 spiro atoms. The van der Waals surface area contributed by atoms with Crippen molar-refractivity contribution in [3.63, 3.8) is 0 Å². The van der Waals surface area contributed by atoms with Crippen LogP contribution in [0.15, 0.2) is 34.5 Å². The van der Waals surface area contributed by atoms with Crippen molar-refractivity contribution in [3.05, 3.63) is 52.0 Å². The molecule has 4 heterocycles. The van der Waals surface area contributed by atoms with Crippen LogP contribution in [0.1, 0.15) is 56.5 Å². The highest BCUT2D eigenvalue weighted by Gasteiger charge is 2.32. The Bertz CT molecular complexity index is 1550. The average Bonchev–Trinajstić information content (AvgIpc) is 3.78. The lowest BCUT2D eigenvalue weighted by atomic mass is 10.1. The first-order chi connectivity index (χ1) is 18.8. The Morgan fingerprint density at radius 2 is 1.97 bits per heavy atom. The standard InChI is InChI=1S/C27H32N8O3S/c1-6-39(37)19-10-7-17(11-28-19)12-29-24-27(36)35(13-15(2)3)25-21(33-24)16(4)32-23(34-25)20-22(18-8-9-18)30-14-31-26(20)38-5/h7,10-11,14-15,18H,6,8-9,12-13H2,1-5H3,(H,29,33). The number of ether oxygens (including phenoxy) is 1. The van der Waals surface area contributed by atoms with E-state index in [0.717, 1.165) is 24.1 Å². The van der Waals surface area contributed by atoms with E-state index >= 15 is 0 Å². The number of anilines is 1. The van der Waals surface area contributed by atoms with E-state index in [0.29, 0.717) is 63.9 Å². The van der Waals surface area contributed by atoms with Crippen LogP contribution in [0.2, 0.25) is 0 Å². The molecule has 12 heteroatoms. The van der Waals surface area contributed by atoms with Crippen LogP contribution in [0, 0.1) is 12.8 Å². The summed E-state index contributed by atoms with van der Waals surface area (Å²) >= 11 is -1.12. The number of rotatable bonds is 10. The maximum Gasteiger partial charge on any atom is 0.294 e. The predicted octanol–water partition coefficient (Wildman–Crippen LogP) is 3.63. The fraction of sp³-hybridized carbons (Fsp3) is 0.444. The van der Waals surface area contributed by atoms with E-state index < -0.39 is 11.2 Å². The average molecular weight is 549 g/mol. The highest BCUT2D eigenvalue weighted by molar-refractivity contribution is 7.91. The highest BCUT2D eigenvalue weighted by Crippen LogP contribution is 2.45. The Balaban J connectivity index is 1.57. The van der Waals surface area contributed by atoms with E-state index in [4.69, 9.17) is 14.7 Å². The molecule has 0 amide bonds. The molecule has 0 bridgehead atoms. The monoisotopic (exact) mass is 548 g/mol. The summed E-state index contributed by atoms with van der Waals surface area (Å²) in [6, 6.07) is 3.60. The second kappa shape index (κ2) is 11.2. The Kier molecular flexibility index (Phi) is 7.76. The van der Waals surface area contributed by atoms with Gasteiger partial charge in [-0.15, -0.1) is 0 Å². The third kappa shape index (κ3) is 5.57. The summed E-state index contributed by atoms with van der Waals surface area (Å²) in [6.45, 7) is 8.60. The molecule has 0 radical (unpaired) electrons. The molecule has 11 nitrogen and oxygen atoms in total. The largest absolute Gasteiger partial charge is 0.610 e. The molecule has 0 aromatic carbocycles. The van der Waals surface area contributed by atoms with Gasteiger partial charge in [-0.1, -0.05) is 13.8 Å². The summed E-state index contributed by atoms with van der Waals surface area (Å²) in [6.07, 6.45) is 5.26. The molecule has 5 rings (SSSR count). The predicted molar refractivity (Wildman–Crippen MR) is 149 cm³/mol. The van der Waals surface area contributed by atoms with Crippen molar-refractivity contribution in [1.29, 1.82) is 0 Å². The van der Waals surface area contributed by atoms with Gasteiger partial charge in [0.05, 0.1) is 18.5 Å². The Hall–Kier alpha value is -3.64. The number of methoxy groups -OCH3 is 1. The van der Waals surface area contributed by atoms with Gasteiger partial charge in [-0.2, -0.15) is 0 Å². The van der Waals surface area contributed by atoms with Gasteiger partial charge in [0.2, 0.25) is 10.9 Å². The van der Waals surface area contributed by atoms with Crippen molar-refractivity contribution in [1.82, 2.24) is 34.5 Å². The molecule has 204 valence electrons. The number of fused-ring (bicyclic) bond motifs is 1. The first-order valence-corrected chi connectivity index (χ1v) is 14.4. The minimum atomic E-state index is -1.12. The third-order valence-corrected chi connectivity index (χ3v) is 7.72. The Labute approximate surface area is 229 Å². The summed E-state index contributed by atoms with van der Waals surface area (Å²) in [5, 5.41) is 3.71. The van der Waals surface area contributed by atoms with Crippen LogP contribution >= 0.6 is 0 Å². The fourth-order valence-electron chi connectivity index (χ4n) is 4.41. The van der Waals surface area contributed by atoms with Crippen molar-refractivity contribution in [2.45, 2.75) is 64.6 Å².